The molecule has 0 aliphatic rings. The van der Waals surface area contributed by atoms with Crippen molar-refractivity contribution in [3.05, 3.63) is 0 Å². The Morgan fingerprint density at radius 1 is 0.265 bits per heavy atom. The fourth-order valence-electron chi connectivity index (χ4n) is 2.67. The second kappa shape index (κ2) is 28.0. The molecule has 34 heavy (non-hydrogen) atoms. The first-order valence-corrected chi connectivity index (χ1v) is 28.9. The fraction of sp³-hybridized carbons (Fsp3) is 1.00. The van der Waals surface area contributed by atoms with Gasteiger partial charge < -0.3 is 0 Å². The molecule has 6 heteroatoms. The van der Waals surface area contributed by atoms with Crippen LogP contribution in [0.4, 0.5) is 0 Å². The molecule has 0 aliphatic carbocycles. The van der Waals surface area contributed by atoms with Crippen molar-refractivity contribution < 1.29 is 0 Å². The van der Waals surface area contributed by atoms with Gasteiger partial charge in [0.05, 0.1) is 35.2 Å². The van der Waals surface area contributed by atoms with E-state index in [1.54, 1.807) is 0 Å². The molecular weight excluding hydrogens is 594 g/mol. The van der Waals surface area contributed by atoms with E-state index in [9.17, 15) is 0 Å². The van der Waals surface area contributed by atoms with Gasteiger partial charge in [0.1, 0.15) is 0 Å². The predicted molar refractivity (Wildman–Crippen MR) is 179 cm³/mol. The van der Waals surface area contributed by atoms with E-state index in [0.717, 1.165) is 44.3 Å². The number of hydrogen-bond acceptors (Lipinski definition) is 0. The second-order valence-electron chi connectivity index (χ2n) is 12.2. The molecule has 0 rings (SSSR count). The molecule has 0 aromatic heterocycles. The summed E-state index contributed by atoms with van der Waals surface area (Å²) in [5.74, 6) is 0. The summed E-state index contributed by atoms with van der Waals surface area (Å²) in [6.45, 7) is 46.9. The van der Waals surface area contributed by atoms with Gasteiger partial charge in [0.15, 0.2) is 0 Å². The second-order valence-corrected chi connectivity index (χ2v) is 27.4. The van der Waals surface area contributed by atoms with Crippen molar-refractivity contribution >= 4 is 63.2 Å². The summed E-state index contributed by atoms with van der Waals surface area (Å²) in [6.07, 6.45) is 0. The van der Waals surface area contributed by atoms with E-state index in [-0.39, 0.29) is 35.2 Å². The molecule has 0 aromatic rings. The van der Waals surface area contributed by atoms with Gasteiger partial charge in [-0.05, 0) is 0 Å². The van der Waals surface area contributed by atoms with Crippen LogP contribution in [0.5, 0.6) is 0 Å². The van der Waals surface area contributed by atoms with E-state index in [4.69, 9.17) is 0 Å². The summed E-state index contributed by atoms with van der Waals surface area (Å²) in [7, 11) is -0.0947. The van der Waals surface area contributed by atoms with Crippen molar-refractivity contribution in [3.8, 4) is 0 Å². The van der Waals surface area contributed by atoms with Gasteiger partial charge in [-0.15, -0.1) is 0 Å². The van der Waals surface area contributed by atoms with Crippen LogP contribution in [0.2, 0.25) is 70.5 Å². The molecule has 0 nitrogen and oxygen atoms in total. The fourth-order valence-corrected chi connectivity index (χ4v) is 8.00. The summed E-state index contributed by atoms with van der Waals surface area (Å²) in [4.78, 5) is 0. The quantitative estimate of drug-likeness (QED) is 0.227. The van der Waals surface area contributed by atoms with Crippen LogP contribution < -0.4 is 0 Å². The van der Waals surface area contributed by atoms with Crippen molar-refractivity contribution in [2.24, 2.45) is 0 Å². The summed E-state index contributed by atoms with van der Waals surface area (Å²) in [6, 6.07) is 0. The molecule has 0 bridgehead atoms. The molecule has 0 N–H and O–H groups in total. The third kappa shape index (κ3) is 32.0. The van der Waals surface area contributed by atoms with Gasteiger partial charge in [-0.2, -0.15) is 0 Å². The molecule has 0 saturated carbocycles. The third-order valence-corrected chi connectivity index (χ3v) is 21.9. The van der Waals surface area contributed by atoms with Crippen LogP contribution in [-0.2, 0) is 0 Å². The molecule has 0 unspecified atom stereocenters. The molecule has 0 heterocycles. The van der Waals surface area contributed by atoms with Crippen LogP contribution in [-0.4, -0.2) is 63.2 Å². The van der Waals surface area contributed by atoms with E-state index in [1.807, 2.05) is 28.0 Å². The van der Waals surface area contributed by atoms with Crippen LogP contribution >= 0.6 is 0 Å². The predicted octanol–water partition coefficient (Wildman–Crippen LogP) is 11.0. The Balaban J connectivity index is -0.000000107. The Morgan fingerprint density at radius 2 is 0.324 bits per heavy atom. The van der Waals surface area contributed by atoms with E-state index >= 15 is 0 Å². The first-order valence-electron chi connectivity index (χ1n) is 13.8. The maximum atomic E-state index is 2.42. The minimum absolute atomic E-state index is 0.0237. The van der Waals surface area contributed by atoms with Crippen LogP contribution in [0.25, 0.3) is 0 Å². The van der Waals surface area contributed by atoms with Crippen LogP contribution in [0.15, 0.2) is 0 Å². The minimum atomic E-state index is -0.0237. The first kappa shape index (κ1) is 45.8. The summed E-state index contributed by atoms with van der Waals surface area (Å²) in [5, 5.41) is 0. The van der Waals surface area contributed by atoms with E-state index in [1.165, 1.54) is 0 Å². The molecule has 0 fully saturated rings. The van der Waals surface area contributed by atoms with Crippen molar-refractivity contribution in [1.29, 1.82) is 0 Å². The first-order chi connectivity index (χ1) is 15.2. The molecule has 204 valence electrons. The van der Waals surface area contributed by atoms with Crippen molar-refractivity contribution in [2.45, 2.75) is 181 Å². The van der Waals surface area contributed by atoms with Gasteiger partial charge in [0.2, 0.25) is 0 Å². The average Bonchev–Trinajstić information content (AvgIpc) is 2.73. The van der Waals surface area contributed by atoms with Crippen LogP contribution in [0.1, 0.15) is 111 Å². The summed E-state index contributed by atoms with van der Waals surface area (Å²) >= 11 is 4.00. The Hall–Kier alpha value is 1.95. The van der Waals surface area contributed by atoms with Gasteiger partial charge >= 0.3 is 28.0 Å². The topological polar surface area (TPSA) is 0 Å². The van der Waals surface area contributed by atoms with Crippen molar-refractivity contribution in [3.63, 3.8) is 0 Å². The maximum absolute atomic E-state index is 2.42. The van der Waals surface area contributed by atoms with Gasteiger partial charge in [-0.3, -0.25) is 0 Å². The molecular formula is C28H68Ge2Si4. The van der Waals surface area contributed by atoms with Crippen LogP contribution in [0, 0.1) is 0 Å². The van der Waals surface area contributed by atoms with Crippen LogP contribution in [0.3, 0.4) is 0 Å². The van der Waals surface area contributed by atoms with Gasteiger partial charge in [-0.25, -0.2) is 0 Å². The van der Waals surface area contributed by atoms with Crippen molar-refractivity contribution in [2.75, 3.05) is 0 Å². The Morgan fingerprint density at radius 3 is 0.324 bits per heavy atom. The van der Waals surface area contributed by atoms with E-state index < -0.39 is 0 Å². The number of hydrogen-bond donors (Lipinski definition) is 0. The molecule has 8 radical (unpaired) electrons. The van der Waals surface area contributed by atoms with Crippen molar-refractivity contribution in [1.82, 2.24) is 0 Å². The molecule has 0 saturated heterocycles. The monoisotopic (exact) mass is 664 g/mol. The SMILES string of the molecule is CC(C)[Si](C)C(C)C.CC(C)[Si](C)C(C)C.CC(C)[Si](C)C(C)C.CC(C)[Si](C)C(C)C.[Ge]=[Ge]. The normalized spacial score (nSPS) is 11.4. The molecule has 0 amide bonds. The van der Waals surface area contributed by atoms with E-state index in [2.05, 4.69) is 137 Å². The standard InChI is InChI=1S/4C7H17Si.Ge2/c4*1-6(2)8(5)7(3)4;1-2/h4*6-7H,1-5H3;. The third-order valence-electron chi connectivity index (χ3n) is 7.29. The molecule has 0 spiro atoms. The summed E-state index contributed by atoms with van der Waals surface area (Å²) in [5.41, 5.74) is 7.56. The zero-order valence-electron chi connectivity index (χ0n) is 27.6. The average molecular weight is 662 g/mol. The number of rotatable bonds is 8. The van der Waals surface area contributed by atoms with E-state index in [0.29, 0.717) is 0 Å². The Labute approximate surface area is 243 Å². The van der Waals surface area contributed by atoms with Gasteiger partial charge in [0, 0.05) is 0 Å². The molecule has 0 atom stereocenters. The Bertz CT molecular complexity index is 294. The molecule has 0 aliphatic heterocycles. The zero-order chi connectivity index (χ0) is 28.9. The molecule has 0 aromatic carbocycles. The zero-order valence-corrected chi connectivity index (χ0v) is 35.8. The summed E-state index contributed by atoms with van der Waals surface area (Å²) < 4.78 is 0. The van der Waals surface area contributed by atoms with Gasteiger partial charge in [-0.1, -0.05) is 181 Å². The van der Waals surface area contributed by atoms with Gasteiger partial charge in [0.25, 0.3) is 0 Å². The Kier molecular flexibility index (Phi) is 37.7.